The fraction of sp³-hybridized carbons (Fsp3) is 0.500. The normalized spacial score (nSPS) is 18.9. The van der Waals surface area contributed by atoms with Gasteiger partial charge >= 0.3 is 0 Å². The van der Waals surface area contributed by atoms with Crippen molar-refractivity contribution in [3.05, 3.63) is 29.3 Å². The van der Waals surface area contributed by atoms with Crippen LogP contribution in [0, 0.1) is 5.92 Å². The van der Waals surface area contributed by atoms with Gasteiger partial charge in [0.2, 0.25) is 0 Å². The molecule has 2 aliphatic rings. The number of hydrogen-bond acceptors (Lipinski definition) is 3. The fourth-order valence-electron chi connectivity index (χ4n) is 2.45. The Balaban J connectivity index is 1.71. The predicted molar refractivity (Wildman–Crippen MR) is 68.7 cm³/mol. The van der Waals surface area contributed by atoms with E-state index in [9.17, 15) is 4.79 Å². The summed E-state index contributed by atoms with van der Waals surface area (Å²) in [6.45, 7) is 1.23. The third-order valence-electron chi connectivity index (χ3n) is 3.71. The van der Waals surface area contributed by atoms with Crippen molar-refractivity contribution in [1.29, 1.82) is 0 Å². The Bertz CT molecular complexity index is 469. The van der Waals surface area contributed by atoms with Crippen LogP contribution < -0.4 is 15.8 Å². The van der Waals surface area contributed by atoms with Crippen molar-refractivity contribution >= 4 is 5.91 Å². The molecule has 1 heterocycles. The first-order valence-electron chi connectivity index (χ1n) is 6.54. The van der Waals surface area contributed by atoms with Crippen molar-refractivity contribution in [3.8, 4) is 5.75 Å². The summed E-state index contributed by atoms with van der Waals surface area (Å²) < 4.78 is 5.43. The number of amides is 1. The van der Waals surface area contributed by atoms with E-state index in [1.807, 2.05) is 18.2 Å². The number of benzene rings is 1. The second kappa shape index (κ2) is 4.61. The van der Waals surface area contributed by atoms with E-state index in [-0.39, 0.29) is 11.9 Å². The molecule has 4 nitrogen and oxygen atoms in total. The summed E-state index contributed by atoms with van der Waals surface area (Å²) in [4.78, 5) is 12.1. The van der Waals surface area contributed by atoms with Gasteiger partial charge in [-0.15, -0.1) is 0 Å². The summed E-state index contributed by atoms with van der Waals surface area (Å²) in [7, 11) is 0. The quantitative estimate of drug-likeness (QED) is 0.835. The summed E-state index contributed by atoms with van der Waals surface area (Å²) in [5.41, 5.74) is 7.53. The lowest BCUT2D eigenvalue weighted by atomic mass is 10.1. The third-order valence-corrected chi connectivity index (χ3v) is 3.71. The maximum Gasteiger partial charge on any atom is 0.251 e. The van der Waals surface area contributed by atoms with Crippen LogP contribution in [0.15, 0.2) is 18.2 Å². The molecule has 0 bridgehead atoms. The molecular formula is C14H18N2O2. The summed E-state index contributed by atoms with van der Waals surface area (Å²) in [6, 6.07) is 5.76. The van der Waals surface area contributed by atoms with E-state index in [0.29, 0.717) is 24.6 Å². The molecule has 96 valence electrons. The van der Waals surface area contributed by atoms with Gasteiger partial charge in [-0.05, 0) is 42.5 Å². The summed E-state index contributed by atoms with van der Waals surface area (Å²) in [5.74, 6) is 1.47. The number of carbonyl (C=O) groups is 1. The first-order valence-corrected chi connectivity index (χ1v) is 6.54. The zero-order valence-corrected chi connectivity index (χ0v) is 10.3. The Morgan fingerprint density at radius 3 is 3.06 bits per heavy atom. The monoisotopic (exact) mass is 246 g/mol. The average Bonchev–Trinajstić information content (AvgIpc) is 3.12. The number of rotatable bonds is 4. The molecule has 4 heteroatoms. The van der Waals surface area contributed by atoms with Gasteiger partial charge in [-0.3, -0.25) is 4.79 Å². The number of hydrogen-bond donors (Lipinski definition) is 2. The van der Waals surface area contributed by atoms with Crippen LogP contribution in [0.2, 0.25) is 0 Å². The molecule has 1 unspecified atom stereocenters. The number of carbonyl (C=O) groups excluding carboxylic acids is 1. The zero-order valence-electron chi connectivity index (χ0n) is 10.3. The molecule has 0 radical (unpaired) electrons. The molecule has 0 spiro atoms. The van der Waals surface area contributed by atoms with Gasteiger partial charge in [0.05, 0.1) is 6.61 Å². The van der Waals surface area contributed by atoms with Crippen LogP contribution in [0.5, 0.6) is 5.75 Å². The van der Waals surface area contributed by atoms with E-state index in [1.54, 1.807) is 0 Å². The summed E-state index contributed by atoms with van der Waals surface area (Å²) in [5, 5.41) is 3.03. The van der Waals surface area contributed by atoms with E-state index in [0.717, 1.165) is 17.7 Å². The molecule has 18 heavy (non-hydrogen) atoms. The largest absolute Gasteiger partial charge is 0.493 e. The van der Waals surface area contributed by atoms with Gasteiger partial charge in [-0.25, -0.2) is 0 Å². The fourth-order valence-corrected chi connectivity index (χ4v) is 2.45. The van der Waals surface area contributed by atoms with Crippen LogP contribution in [0.3, 0.4) is 0 Å². The molecule has 3 rings (SSSR count). The lowest BCUT2D eigenvalue weighted by Crippen LogP contribution is -2.41. The maximum atomic E-state index is 12.1. The number of nitrogens with two attached hydrogens (primary N) is 1. The standard InChI is InChI=1S/C14H18N2O2/c15-8-12(9-1-2-9)16-14(17)11-3-4-13-10(7-11)5-6-18-13/h3-4,7,9,12H,1-2,5-6,8,15H2,(H,16,17). The summed E-state index contributed by atoms with van der Waals surface area (Å²) in [6.07, 6.45) is 3.25. The van der Waals surface area contributed by atoms with E-state index in [1.165, 1.54) is 12.8 Å². The van der Waals surface area contributed by atoms with E-state index in [2.05, 4.69) is 5.32 Å². The van der Waals surface area contributed by atoms with E-state index in [4.69, 9.17) is 10.5 Å². The SMILES string of the molecule is NCC(NC(=O)c1ccc2c(c1)CCO2)C1CC1. The van der Waals surface area contributed by atoms with Crippen molar-refractivity contribution < 1.29 is 9.53 Å². The van der Waals surface area contributed by atoms with Crippen LogP contribution in [-0.2, 0) is 6.42 Å². The molecule has 3 N–H and O–H groups in total. The van der Waals surface area contributed by atoms with Gasteiger partial charge in [0, 0.05) is 24.6 Å². The van der Waals surface area contributed by atoms with Crippen LogP contribution in [-0.4, -0.2) is 25.1 Å². The lowest BCUT2D eigenvalue weighted by molar-refractivity contribution is 0.0933. The highest BCUT2D eigenvalue weighted by atomic mass is 16.5. The molecule has 0 saturated heterocycles. The van der Waals surface area contributed by atoms with Gasteiger partial charge in [0.25, 0.3) is 5.91 Å². The van der Waals surface area contributed by atoms with Crippen molar-refractivity contribution in [3.63, 3.8) is 0 Å². The highest BCUT2D eigenvalue weighted by Gasteiger charge is 2.31. The summed E-state index contributed by atoms with van der Waals surface area (Å²) >= 11 is 0. The Kier molecular flexibility index (Phi) is 2.96. The van der Waals surface area contributed by atoms with Gasteiger partial charge in [0.15, 0.2) is 0 Å². The zero-order chi connectivity index (χ0) is 12.5. The van der Waals surface area contributed by atoms with Crippen molar-refractivity contribution in [2.75, 3.05) is 13.2 Å². The molecule has 1 aliphatic carbocycles. The molecule has 1 saturated carbocycles. The molecule has 1 aromatic carbocycles. The number of nitrogens with one attached hydrogen (secondary N) is 1. The lowest BCUT2D eigenvalue weighted by Gasteiger charge is -2.16. The highest BCUT2D eigenvalue weighted by Crippen LogP contribution is 2.32. The maximum absolute atomic E-state index is 12.1. The molecule has 1 aromatic rings. The number of fused-ring (bicyclic) bond motifs is 1. The van der Waals surface area contributed by atoms with Gasteiger partial charge in [-0.1, -0.05) is 0 Å². The Labute approximate surface area is 107 Å². The molecule has 1 fully saturated rings. The van der Waals surface area contributed by atoms with Gasteiger partial charge < -0.3 is 15.8 Å². The van der Waals surface area contributed by atoms with Crippen LogP contribution in [0.25, 0.3) is 0 Å². The second-order valence-corrected chi connectivity index (χ2v) is 5.07. The van der Waals surface area contributed by atoms with Crippen molar-refractivity contribution in [2.24, 2.45) is 11.7 Å². The van der Waals surface area contributed by atoms with Crippen LogP contribution in [0.4, 0.5) is 0 Å². The Hall–Kier alpha value is -1.55. The first kappa shape index (κ1) is 11.5. The minimum Gasteiger partial charge on any atom is -0.493 e. The Morgan fingerprint density at radius 1 is 1.50 bits per heavy atom. The molecule has 1 atom stereocenters. The van der Waals surface area contributed by atoms with E-state index >= 15 is 0 Å². The third kappa shape index (κ3) is 2.20. The number of ether oxygens (including phenoxy) is 1. The second-order valence-electron chi connectivity index (χ2n) is 5.07. The van der Waals surface area contributed by atoms with Crippen molar-refractivity contribution in [2.45, 2.75) is 25.3 Å². The topological polar surface area (TPSA) is 64.3 Å². The minimum atomic E-state index is -0.0212. The van der Waals surface area contributed by atoms with E-state index < -0.39 is 0 Å². The van der Waals surface area contributed by atoms with Crippen LogP contribution in [0.1, 0.15) is 28.8 Å². The van der Waals surface area contributed by atoms with Gasteiger partial charge in [0.1, 0.15) is 5.75 Å². The van der Waals surface area contributed by atoms with Gasteiger partial charge in [-0.2, -0.15) is 0 Å². The first-order chi connectivity index (χ1) is 8.78. The molecule has 1 amide bonds. The average molecular weight is 246 g/mol. The predicted octanol–water partition coefficient (Wildman–Crippen LogP) is 1.09. The minimum absolute atomic E-state index is 0.0212. The highest BCUT2D eigenvalue weighted by molar-refractivity contribution is 5.94. The van der Waals surface area contributed by atoms with Crippen molar-refractivity contribution in [1.82, 2.24) is 5.32 Å². The van der Waals surface area contributed by atoms with Crippen LogP contribution >= 0.6 is 0 Å². The molecule has 1 aliphatic heterocycles. The Morgan fingerprint density at radius 2 is 2.33 bits per heavy atom. The molecule has 0 aromatic heterocycles. The smallest absolute Gasteiger partial charge is 0.251 e. The molecular weight excluding hydrogens is 228 g/mol.